The van der Waals surface area contributed by atoms with Crippen molar-refractivity contribution < 1.29 is 0 Å². The fourth-order valence-corrected chi connectivity index (χ4v) is 3.11. The Labute approximate surface area is 127 Å². The van der Waals surface area contributed by atoms with Crippen LogP contribution in [0.3, 0.4) is 0 Å². The molecule has 0 N–H and O–H groups in total. The zero-order valence-corrected chi connectivity index (χ0v) is 12.4. The van der Waals surface area contributed by atoms with Gasteiger partial charge in [0.25, 0.3) is 5.56 Å². The number of aromatic nitrogens is 3. The molecule has 0 unspecified atom stereocenters. The summed E-state index contributed by atoms with van der Waals surface area (Å²) in [6, 6.07) is 15.6. The molecule has 0 bridgehead atoms. The largest absolute Gasteiger partial charge is 0.339 e. The second-order valence-corrected chi connectivity index (χ2v) is 5.49. The van der Waals surface area contributed by atoms with Crippen molar-refractivity contribution in [3.8, 4) is 5.69 Å². The van der Waals surface area contributed by atoms with Gasteiger partial charge < -0.3 is 4.57 Å². The first-order chi connectivity index (χ1) is 10.7. The molecule has 0 saturated carbocycles. The maximum Gasteiger partial charge on any atom is 0.296 e. The average Bonchev–Trinajstić information content (AvgIpc) is 2.84. The summed E-state index contributed by atoms with van der Waals surface area (Å²) < 4.78 is 3.41. The van der Waals surface area contributed by atoms with E-state index < -0.39 is 0 Å². The van der Waals surface area contributed by atoms with E-state index in [1.165, 1.54) is 4.68 Å². The van der Waals surface area contributed by atoms with Crippen molar-refractivity contribution >= 4 is 21.8 Å². The highest BCUT2D eigenvalue weighted by molar-refractivity contribution is 6.08. The number of fused-ring (bicyclic) bond motifs is 3. The van der Waals surface area contributed by atoms with Crippen LogP contribution in [-0.4, -0.2) is 14.3 Å². The van der Waals surface area contributed by atoms with E-state index in [1.807, 2.05) is 54.1 Å². The molecule has 22 heavy (non-hydrogen) atoms. The second-order valence-electron chi connectivity index (χ2n) is 5.49. The lowest BCUT2D eigenvalue weighted by Crippen LogP contribution is -2.22. The molecular formula is C18H15N3O. The van der Waals surface area contributed by atoms with E-state index in [2.05, 4.69) is 18.1 Å². The van der Waals surface area contributed by atoms with E-state index in [4.69, 9.17) is 0 Å². The van der Waals surface area contributed by atoms with Crippen molar-refractivity contribution in [2.75, 3.05) is 0 Å². The summed E-state index contributed by atoms with van der Waals surface area (Å²) in [5, 5.41) is 6.38. The molecule has 4 heteroatoms. The molecule has 0 fully saturated rings. The lowest BCUT2D eigenvalue weighted by molar-refractivity contribution is 0.811. The number of benzene rings is 2. The summed E-state index contributed by atoms with van der Waals surface area (Å²) in [5.41, 5.74) is 3.57. The van der Waals surface area contributed by atoms with Gasteiger partial charge in [0.05, 0.1) is 11.9 Å². The topological polar surface area (TPSA) is 39.8 Å². The number of hydrogen-bond donors (Lipinski definition) is 0. The van der Waals surface area contributed by atoms with E-state index in [1.54, 1.807) is 6.20 Å². The molecule has 0 amide bonds. The lowest BCUT2D eigenvalue weighted by atomic mass is 10.1. The number of rotatable bonds is 1. The van der Waals surface area contributed by atoms with E-state index in [-0.39, 0.29) is 5.56 Å². The van der Waals surface area contributed by atoms with Crippen molar-refractivity contribution in [3.05, 3.63) is 70.6 Å². The SMILES string of the molecule is Cc1cccc2c1c1cnn(-c3ccccc3)c(=O)c1n2C. The Kier molecular flexibility index (Phi) is 2.66. The van der Waals surface area contributed by atoms with Crippen LogP contribution in [0.1, 0.15) is 5.56 Å². The first-order valence-corrected chi connectivity index (χ1v) is 7.20. The Morgan fingerprint density at radius 3 is 2.55 bits per heavy atom. The summed E-state index contributed by atoms with van der Waals surface area (Å²) in [6.45, 7) is 2.06. The van der Waals surface area contributed by atoms with Gasteiger partial charge in [0, 0.05) is 23.3 Å². The Morgan fingerprint density at radius 1 is 1.00 bits per heavy atom. The van der Waals surface area contributed by atoms with E-state index >= 15 is 0 Å². The highest BCUT2D eigenvalue weighted by Crippen LogP contribution is 2.28. The summed E-state index contributed by atoms with van der Waals surface area (Å²) >= 11 is 0. The standard InChI is InChI=1S/C18H15N3O/c1-12-7-6-10-15-16(12)14-11-19-21(13-8-4-3-5-9-13)18(22)17(14)20(15)2/h3-11H,1-2H3. The predicted molar refractivity (Wildman–Crippen MR) is 88.6 cm³/mol. The fourth-order valence-electron chi connectivity index (χ4n) is 3.11. The third-order valence-electron chi connectivity index (χ3n) is 4.17. The number of hydrogen-bond acceptors (Lipinski definition) is 2. The van der Waals surface area contributed by atoms with Gasteiger partial charge in [-0.15, -0.1) is 0 Å². The minimum Gasteiger partial charge on any atom is -0.339 e. The maximum atomic E-state index is 12.9. The lowest BCUT2D eigenvalue weighted by Gasteiger charge is -2.04. The van der Waals surface area contributed by atoms with Gasteiger partial charge in [0.2, 0.25) is 0 Å². The first kappa shape index (κ1) is 12.8. The molecule has 4 nitrogen and oxygen atoms in total. The summed E-state index contributed by atoms with van der Waals surface area (Å²) in [4.78, 5) is 12.9. The quantitative estimate of drug-likeness (QED) is 0.540. The highest BCUT2D eigenvalue weighted by atomic mass is 16.1. The molecule has 2 heterocycles. The molecule has 0 aliphatic rings. The molecule has 4 aromatic rings. The van der Waals surface area contributed by atoms with E-state index in [9.17, 15) is 4.79 Å². The van der Waals surface area contributed by atoms with Crippen molar-refractivity contribution in [1.82, 2.24) is 14.3 Å². The van der Waals surface area contributed by atoms with Crippen LogP contribution in [0.5, 0.6) is 0 Å². The molecule has 0 radical (unpaired) electrons. The summed E-state index contributed by atoms with van der Waals surface area (Å²) in [6.07, 6.45) is 1.79. The van der Waals surface area contributed by atoms with Gasteiger partial charge in [0.15, 0.2) is 0 Å². The molecule has 2 aromatic carbocycles. The molecule has 2 aromatic heterocycles. The predicted octanol–water partition coefficient (Wildman–Crippen LogP) is 3.19. The van der Waals surface area contributed by atoms with Gasteiger partial charge in [-0.1, -0.05) is 30.3 Å². The number of nitrogens with zero attached hydrogens (tertiary/aromatic N) is 3. The minimum atomic E-state index is -0.0956. The van der Waals surface area contributed by atoms with E-state index in [0.717, 1.165) is 27.5 Å². The molecule has 108 valence electrons. The average molecular weight is 289 g/mol. The molecule has 0 atom stereocenters. The highest BCUT2D eigenvalue weighted by Gasteiger charge is 2.15. The van der Waals surface area contributed by atoms with Gasteiger partial charge in [-0.3, -0.25) is 4.79 Å². The van der Waals surface area contributed by atoms with Gasteiger partial charge in [-0.25, -0.2) is 0 Å². The van der Waals surface area contributed by atoms with Crippen molar-refractivity contribution in [1.29, 1.82) is 0 Å². The number of aryl methyl sites for hydroxylation is 2. The third kappa shape index (κ3) is 1.64. The van der Waals surface area contributed by atoms with Crippen LogP contribution in [0.2, 0.25) is 0 Å². The number of para-hydroxylation sites is 1. The van der Waals surface area contributed by atoms with E-state index in [0.29, 0.717) is 5.52 Å². The fraction of sp³-hybridized carbons (Fsp3) is 0.111. The molecular weight excluding hydrogens is 274 g/mol. The Hall–Kier alpha value is -2.88. The van der Waals surface area contributed by atoms with Crippen LogP contribution in [0.25, 0.3) is 27.5 Å². The van der Waals surface area contributed by atoms with Crippen LogP contribution in [0.4, 0.5) is 0 Å². The van der Waals surface area contributed by atoms with Gasteiger partial charge in [-0.2, -0.15) is 9.78 Å². The summed E-state index contributed by atoms with van der Waals surface area (Å²) in [7, 11) is 1.93. The van der Waals surface area contributed by atoms with Crippen LogP contribution in [0.15, 0.2) is 59.5 Å². The molecule has 0 aliphatic heterocycles. The van der Waals surface area contributed by atoms with Crippen molar-refractivity contribution in [3.63, 3.8) is 0 Å². The minimum absolute atomic E-state index is 0.0956. The second kappa shape index (κ2) is 4.56. The molecule has 0 spiro atoms. The first-order valence-electron chi connectivity index (χ1n) is 7.20. The summed E-state index contributed by atoms with van der Waals surface area (Å²) in [5.74, 6) is 0. The third-order valence-corrected chi connectivity index (χ3v) is 4.17. The zero-order valence-electron chi connectivity index (χ0n) is 12.4. The van der Waals surface area contributed by atoms with Crippen molar-refractivity contribution in [2.45, 2.75) is 6.92 Å². The Balaban J connectivity index is 2.17. The van der Waals surface area contributed by atoms with Crippen molar-refractivity contribution in [2.24, 2.45) is 7.05 Å². The smallest absolute Gasteiger partial charge is 0.296 e. The Bertz CT molecular complexity index is 1060. The monoisotopic (exact) mass is 289 g/mol. The van der Waals surface area contributed by atoms with Gasteiger partial charge >= 0.3 is 0 Å². The van der Waals surface area contributed by atoms with Gasteiger partial charge in [0.1, 0.15) is 5.52 Å². The van der Waals surface area contributed by atoms with Crippen LogP contribution >= 0.6 is 0 Å². The van der Waals surface area contributed by atoms with Gasteiger partial charge in [-0.05, 0) is 30.7 Å². The zero-order chi connectivity index (χ0) is 15.3. The molecule has 0 saturated heterocycles. The molecule has 0 aliphatic carbocycles. The maximum absolute atomic E-state index is 12.9. The van der Waals surface area contributed by atoms with Crippen LogP contribution in [0, 0.1) is 6.92 Å². The van der Waals surface area contributed by atoms with Crippen LogP contribution in [-0.2, 0) is 7.05 Å². The van der Waals surface area contributed by atoms with Crippen LogP contribution < -0.4 is 5.56 Å². The molecule has 4 rings (SSSR count). The Morgan fingerprint density at radius 2 is 1.77 bits per heavy atom. The normalized spacial score (nSPS) is 11.4.